The lowest BCUT2D eigenvalue weighted by Gasteiger charge is -2.07. The summed E-state index contributed by atoms with van der Waals surface area (Å²) in [6.45, 7) is 0. The van der Waals surface area contributed by atoms with E-state index >= 15 is 0 Å². The van der Waals surface area contributed by atoms with E-state index in [0.717, 1.165) is 0 Å². The summed E-state index contributed by atoms with van der Waals surface area (Å²) >= 11 is 3.18. The van der Waals surface area contributed by atoms with Gasteiger partial charge in [0.25, 0.3) is 11.4 Å². The predicted octanol–water partition coefficient (Wildman–Crippen LogP) is 4.19. The number of halogens is 1. The number of nitrogens with zero attached hydrogens (tertiary/aromatic N) is 2. The number of nitro groups is 2. The van der Waals surface area contributed by atoms with Crippen molar-refractivity contribution < 1.29 is 14.6 Å². The van der Waals surface area contributed by atoms with Crippen LogP contribution in [-0.4, -0.2) is 9.85 Å². The first-order valence-corrected chi connectivity index (χ1v) is 6.89. The number of non-ortho nitro benzene ring substituents is 1. The molecular weight excluding hydrogens is 344 g/mol. The van der Waals surface area contributed by atoms with Crippen LogP contribution in [0.5, 0.6) is 11.5 Å². The van der Waals surface area contributed by atoms with E-state index in [0.29, 0.717) is 22.4 Å². The highest BCUT2D eigenvalue weighted by molar-refractivity contribution is 9.08. The topological polar surface area (TPSA) is 95.5 Å². The molecule has 0 saturated carbocycles. The lowest BCUT2D eigenvalue weighted by molar-refractivity contribution is -0.385. The van der Waals surface area contributed by atoms with Crippen molar-refractivity contribution in [3.63, 3.8) is 0 Å². The molecule has 0 spiro atoms. The van der Waals surface area contributed by atoms with Crippen molar-refractivity contribution in [2.24, 2.45) is 0 Å². The van der Waals surface area contributed by atoms with E-state index in [2.05, 4.69) is 15.9 Å². The lowest BCUT2D eigenvalue weighted by atomic mass is 10.2. The molecule has 2 aromatic carbocycles. The SMILES string of the molecule is O=[N+]([O-])c1cccc(Oc2ccc([N+](=O)[O-])c(CBr)c2)c1. The van der Waals surface area contributed by atoms with Gasteiger partial charge in [0, 0.05) is 23.0 Å². The Bertz CT molecular complexity index is 705. The molecule has 0 radical (unpaired) electrons. The molecule has 0 amide bonds. The standard InChI is InChI=1S/C13H9BrN2O5/c14-8-9-6-12(4-5-13(9)16(19)20)21-11-3-1-2-10(7-11)15(17)18/h1-7H,8H2. The van der Waals surface area contributed by atoms with E-state index in [1.807, 2.05) is 0 Å². The molecule has 0 aliphatic carbocycles. The fraction of sp³-hybridized carbons (Fsp3) is 0.0769. The highest BCUT2D eigenvalue weighted by Crippen LogP contribution is 2.30. The Morgan fingerprint density at radius 2 is 1.71 bits per heavy atom. The molecule has 0 N–H and O–H groups in total. The molecule has 0 unspecified atom stereocenters. The fourth-order valence-corrected chi connectivity index (χ4v) is 2.16. The highest BCUT2D eigenvalue weighted by Gasteiger charge is 2.14. The van der Waals surface area contributed by atoms with E-state index in [4.69, 9.17) is 4.74 Å². The summed E-state index contributed by atoms with van der Waals surface area (Å²) in [4.78, 5) is 20.5. The molecule has 0 saturated heterocycles. The molecule has 108 valence electrons. The van der Waals surface area contributed by atoms with E-state index < -0.39 is 9.85 Å². The predicted molar refractivity (Wildman–Crippen MR) is 78.9 cm³/mol. The minimum absolute atomic E-state index is 0.0155. The summed E-state index contributed by atoms with van der Waals surface area (Å²) in [7, 11) is 0. The maximum atomic E-state index is 10.8. The van der Waals surface area contributed by atoms with Crippen LogP contribution in [0.25, 0.3) is 0 Å². The lowest BCUT2D eigenvalue weighted by Crippen LogP contribution is -1.94. The van der Waals surface area contributed by atoms with Gasteiger partial charge in [-0.3, -0.25) is 20.2 Å². The summed E-state index contributed by atoms with van der Waals surface area (Å²) < 4.78 is 5.50. The zero-order chi connectivity index (χ0) is 15.4. The van der Waals surface area contributed by atoms with Crippen LogP contribution in [0.4, 0.5) is 11.4 Å². The highest BCUT2D eigenvalue weighted by atomic mass is 79.9. The van der Waals surface area contributed by atoms with Gasteiger partial charge in [0.1, 0.15) is 11.5 Å². The third-order valence-corrected chi connectivity index (χ3v) is 3.26. The molecule has 0 atom stereocenters. The fourth-order valence-electron chi connectivity index (χ4n) is 1.71. The average molecular weight is 353 g/mol. The van der Waals surface area contributed by atoms with E-state index in [1.54, 1.807) is 6.07 Å². The number of nitro benzene ring substituents is 2. The molecule has 2 aromatic rings. The Balaban J connectivity index is 2.29. The molecule has 0 aromatic heterocycles. The van der Waals surface area contributed by atoms with Gasteiger partial charge in [-0.2, -0.15) is 0 Å². The number of hydrogen-bond acceptors (Lipinski definition) is 5. The van der Waals surface area contributed by atoms with Crippen LogP contribution in [0.15, 0.2) is 42.5 Å². The molecule has 7 nitrogen and oxygen atoms in total. The van der Waals surface area contributed by atoms with Gasteiger partial charge >= 0.3 is 0 Å². The van der Waals surface area contributed by atoms with Gasteiger partial charge in [-0.1, -0.05) is 22.0 Å². The Morgan fingerprint density at radius 3 is 2.33 bits per heavy atom. The largest absolute Gasteiger partial charge is 0.457 e. The monoisotopic (exact) mass is 352 g/mol. The Morgan fingerprint density at radius 1 is 1.00 bits per heavy atom. The maximum Gasteiger partial charge on any atom is 0.273 e. The number of hydrogen-bond donors (Lipinski definition) is 0. The molecule has 0 bridgehead atoms. The molecule has 21 heavy (non-hydrogen) atoms. The van der Waals surface area contributed by atoms with Crippen LogP contribution >= 0.6 is 15.9 Å². The summed E-state index contributed by atoms with van der Waals surface area (Å²) in [5, 5.41) is 21.8. The zero-order valence-electron chi connectivity index (χ0n) is 10.6. The van der Waals surface area contributed by atoms with Crippen molar-refractivity contribution in [3.05, 3.63) is 68.3 Å². The maximum absolute atomic E-state index is 10.8. The van der Waals surface area contributed by atoms with Gasteiger partial charge in [-0.05, 0) is 18.2 Å². The summed E-state index contributed by atoms with van der Waals surface area (Å²) in [6, 6.07) is 10.0. The van der Waals surface area contributed by atoms with E-state index in [1.165, 1.54) is 36.4 Å². The van der Waals surface area contributed by atoms with Gasteiger partial charge in [-0.25, -0.2) is 0 Å². The van der Waals surface area contributed by atoms with Gasteiger partial charge in [0.15, 0.2) is 0 Å². The molecule has 0 aliphatic heterocycles. The molecule has 0 heterocycles. The van der Waals surface area contributed by atoms with Crippen LogP contribution in [0.1, 0.15) is 5.56 Å². The van der Waals surface area contributed by atoms with Crippen LogP contribution in [0.2, 0.25) is 0 Å². The first kappa shape index (κ1) is 14.9. The van der Waals surface area contributed by atoms with E-state index in [-0.39, 0.29) is 11.4 Å². The third kappa shape index (κ3) is 3.54. The molecule has 8 heteroatoms. The van der Waals surface area contributed by atoms with Crippen LogP contribution in [-0.2, 0) is 5.33 Å². The number of ether oxygens (including phenoxy) is 1. The Kier molecular flexibility index (Phi) is 4.49. The Labute approximate surface area is 127 Å². The molecule has 0 aliphatic rings. The van der Waals surface area contributed by atoms with Gasteiger partial charge < -0.3 is 4.74 Å². The average Bonchev–Trinajstić information content (AvgIpc) is 2.47. The van der Waals surface area contributed by atoms with Gasteiger partial charge in [0.05, 0.1) is 15.9 Å². The van der Waals surface area contributed by atoms with Crippen molar-refractivity contribution in [1.29, 1.82) is 0 Å². The van der Waals surface area contributed by atoms with Crippen molar-refractivity contribution in [2.45, 2.75) is 5.33 Å². The summed E-state index contributed by atoms with van der Waals surface area (Å²) in [5.74, 6) is 0.661. The third-order valence-electron chi connectivity index (χ3n) is 2.66. The number of alkyl halides is 1. The summed E-state index contributed by atoms with van der Waals surface area (Å²) in [6.07, 6.45) is 0. The second kappa shape index (κ2) is 6.31. The normalized spacial score (nSPS) is 10.1. The molecule has 0 fully saturated rings. The quantitative estimate of drug-likeness (QED) is 0.456. The van der Waals surface area contributed by atoms with Crippen LogP contribution in [0, 0.1) is 20.2 Å². The van der Waals surface area contributed by atoms with Gasteiger partial charge in [0.2, 0.25) is 0 Å². The van der Waals surface area contributed by atoms with Crippen LogP contribution < -0.4 is 4.74 Å². The second-order valence-electron chi connectivity index (χ2n) is 4.04. The minimum Gasteiger partial charge on any atom is -0.457 e. The van der Waals surface area contributed by atoms with Crippen molar-refractivity contribution in [3.8, 4) is 11.5 Å². The smallest absolute Gasteiger partial charge is 0.273 e. The van der Waals surface area contributed by atoms with Crippen LogP contribution in [0.3, 0.4) is 0 Å². The molecular formula is C13H9BrN2O5. The number of rotatable bonds is 5. The zero-order valence-corrected chi connectivity index (χ0v) is 12.1. The van der Waals surface area contributed by atoms with E-state index in [9.17, 15) is 20.2 Å². The van der Waals surface area contributed by atoms with Crippen molar-refractivity contribution in [1.82, 2.24) is 0 Å². The first-order valence-electron chi connectivity index (χ1n) is 5.77. The van der Waals surface area contributed by atoms with Gasteiger partial charge in [-0.15, -0.1) is 0 Å². The van der Waals surface area contributed by atoms with Crippen molar-refractivity contribution >= 4 is 27.3 Å². The number of benzene rings is 2. The molecule has 2 rings (SSSR count). The second-order valence-corrected chi connectivity index (χ2v) is 4.60. The minimum atomic E-state index is -0.521. The summed E-state index contributed by atoms with van der Waals surface area (Å²) in [5.41, 5.74) is 0.358. The first-order chi connectivity index (χ1) is 10.0. The van der Waals surface area contributed by atoms with Crippen molar-refractivity contribution in [2.75, 3.05) is 0 Å². The Hall–Kier alpha value is -2.48.